The summed E-state index contributed by atoms with van der Waals surface area (Å²) < 4.78 is 4.88. The Labute approximate surface area is 156 Å². The summed E-state index contributed by atoms with van der Waals surface area (Å²) in [6, 6.07) is 9.44. The van der Waals surface area contributed by atoms with E-state index in [1.54, 1.807) is 31.2 Å². The number of furan rings is 1. The normalized spacial score (nSPS) is 10.9. The maximum Gasteiger partial charge on any atom is 0.433 e. The molecule has 1 amide bonds. The van der Waals surface area contributed by atoms with Gasteiger partial charge in [0.2, 0.25) is 0 Å². The summed E-state index contributed by atoms with van der Waals surface area (Å²) in [5, 5.41) is 22.5. The summed E-state index contributed by atoms with van der Waals surface area (Å²) in [6.07, 6.45) is 1.14. The van der Waals surface area contributed by atoms with Crippen LogP contribution in [-0.2, 0) is 0 Å². The molecular weight excluding hydrogens is 378 g/mol. The number of hydrogen-bond acceptors (Lipinski definition) is 8. The van der Waals surface area contributed by atoms with Gasteiger partial charge in [-0.1, -0.05) is 11.6 Å². The van der Waals surface area contributed by atoms with Gasteiger partial charge in [-0.3, -0.25) is 20.3 Å². The highest BCUT2D eigenvalue weighted by Gasteiger charge is 2.16. The number of hydrazone groups is 1. The first-order valence-electron chi connectivity index (χ1n) is 7.46. The largest absolute Gasteiger partial charge is 0.433 e. The predicted molar refractivity (Wildman–Crippen MR) is 95.7 cm³/mol. The standard InChI is InChI=1S/C15H12ClN7O4/c1-9-14(18-21-22(9)20-11-4-2-10(16)3-5-11)15(24)19-17-8-12-6-7-13(27-12)23(25)26/h2-8,20H,1H3,(H,19,24)/b17-8+. The zero-order chi connectivity index (χ0) is 19.4. The Bertz CT molecular complexity index is 1010. The third-order valence-corrected chi connectivity index (χ3v) is 3.59. The van der Waals surface area contributed by atoms with Gasteiger partial charge in [-0.15, -0.1) is 5.10 Å². The molecule has 2 heterocycles. The van der Waals surface area contributed by atoms with E-state index in [0.717, 1.165) is 6.21 Å². The number of nitro groups is 1. The van der Waals surface area contributed by atoms with Crippen LogP contribution in [0.1, 0.15) is 21.9 Å². The lowest BCUT2D eigenvalue weighted by Gasteiger charge is -2.07. The molecule has 2 N–H and O–H groups in total. The highest BCUT2D eigenvalue weighted by molar-refractivity contribution is 6.30. The Morgan fingerprint density at radius 1 is 1.33 bits per heavy atom. The monoisotopic (exact) mass is 389 g/mol. The van der Waals surface area contributed by atoms with E-state index in [4.69, 9.17) is 16.0 Å². The minimum Gasteiger partial charge on any atom is -0.400 e. The van der Waals surface area contributed by atoms with Crippen LogP contribution in [0.4, 0.5) is 11.6 Å². The molecule has 0 radical (unpaired) electrons. The molecule has 2 aromatic heterocycles. The predicted octanol–water partition coefficient (Wildman–Crippen LogP) is 2.38. The van der Waals surface area contributed by atoms with Crippen LogP contribution in [0.15, 0.2) is 45.9 Å². The van der Waals surface area contributed by atoms with Crippen LogP contribution in [-0.4, -0.2) is 32.1 Å². The lowest BCUT2D eigenvalue weighted by atomic mass is 10.3. The third-order valence-electron chi connectivity index (χ3n) is 3.34. The Balaban J connectivity index is 1.64. The van der Waals surface area contributed by atoms with Gasteiger partial charge in [0.05, 0.1) is 23.7 Å². The second kappa shape index (κ2) is 7.66. The lowest BCUT2D eigenvalue weighted by molar-refractivity contribution is -0.402. The van der Waals surface area contributed by atoms with Gasteiger partial charge in [-0.25, -0.2) is 5.43 Å². The third kappa shape index (κ3) is 4.27. The fraction of sp³-hybridized carbons (Fsp3) is 0.0667. The van der Waals surface area contributed by atoms with Crippen LogP contribution in [0.5, 0.6) is 0 Å². The molecule has 11 nitrogen and oxygen atoms in total. The Morgan fingerprint density at radius 3 is 2.74 bits per heavy atom. The van der Waals surface area contributed by atoms with Crippen LogP contribution < -0.4 is 10.9 Å². The number of anilines is 1. The van der Waals surface area contributed by atoms with Crippen LogP contribution >= 0.6 is 11.6 Å². The van der Waals surface area contributed by atoms with Gasteiger partial charge < -0.3 is 4.42 Å². The molecule has 0 saturated heterocycles. The van der Waals surface area contributed by atoms with E-state index < -0.39 is 16.7 Å². The molecule has 0 atom stereocenters. The summed E-state index contributed by atoms with van der Waals surface area (Å²) in [7, 11) is 0. The number of benzene rings is 1. The number of amides is 1. The van der Waals surface area contributed by atoms with Gasteiger partial charge in [0.15, 0.2) is 11.5 Å². The van der Waals surface area contributed by atoms with Gasteiger partial charge in [0.25, 0.3) is 5.91 Å². The molecule has 3 aromatic rings. The fourth-order valence-corrected chi connectivity index (χ4v) is 2.14. The molecule has 3 rings (SSSR count). The maximum absolute atomic E-state index is 12.2. The van der Waals surface area contributed by atoms with Crippen LogP contribution in [0.2, 0.25) is 5.02 Å². The average Bonchev–Trinajstić information content (AvgIpc) is 3.25. The van der Waals surface area contributed by atoms with Crippen LogP contribution in [0, 0.1) is 17.0 Å². The van der Waals surface area contributed by atoms with Crippen molar-refractivity contribution in [1.82, 2.24) is 20.5 Å². The van der Waals surface area contributed by atoms with Gasteiger partial charge in [0, 0.05) is 5.02 Å². The minimum atomic E-state index is -0.675. The highest BCUT2D eigenvalue weighted by atomic mass is 35.5. The number of hydrogen-bond donors (Lipinski definition) is 2. The van der Waals surface area contributed by atoms with E-state index in [1.807, 2.05) is 0 Å². The molecule has 0 bridgehead atoms. The number of nitrogens with zero attached hydrogens (tertiary/aromatic N) is 5. The van der Waals surface area contributed by atoms with Crippen molar-refractivity contribution in [2.45, 2.75) is 6.92 Å². The molecule has 27 heavy (non-hydrogen) atoms. The number of halogens is 1. The smallest absolute Gasteiger partial charge is 0.400 e. The second-order valence-corrected chi connectivity index (χ2v) is 5.62. The molecular formula is C15H12ClN7O4. The van der Waals surface area contributed by atoms with Crippen molar-refractivity contribution in [3.63, 3.8) is 0 Å². The Hall–Kier alpha value is -3.73. The van der Waals surface area contributed by atoms with Gasteiger partial charge in [-0.2, -0.15) is 9.89 Å². The zero-order valence-electron chi connectivity index (χ0n) is 13.8. The van der Waals surface area contributed by atoms with E-state index >= 15 is 0 Å². The van der Waals surface area contributed by atoms with E-state index in [0.29, 0.717) is 16.4 Å². The number of nitrogens with one attached hydrogen (secondary N) is 2. The molecule has 0 saturated carbocycles. The molecule has 1 aromatic carbocycles. The lowest BCUT2D eigenvalue weighted by Crippen LogP contribution is -2.20. The molecule has 0 spiro atoms. The first-order chi connectivity index (χ1) is 12.9. The van der Waals surface area contributed by atoms with Gasteiger partial charge in [-0.05, 0) is 42.5 Å². The fourth-order valence-electron chi connectivity index (χ4n) is 2.01. The molecule has 0 fully saturated rings. The summed E-state index contributed by atoms with van der Waals surface area (Å²) in [5.74, 6) is -0.907. The number of carbonyl (C=O) groups is 1. The topological polar surface area (TPSA) is 140 Å². The maximum atomic E-state index is 12.2. The van der Waals surface area contributed by atoms with Crippen LogP contribution in [0.3, 0.4) is 0 Å². The highest BCUT2D eigenvalue weighted by Crippen LogP contribution is 2.15. The van der Waals surface area contributed by atoms with Crippen molar-refractivity contribution in [1.29, 1.82) is 0 Å². The van der Waals surface area contributed by atoms with E-state index in [2.05, 4.69) is 26.3 Å². The SMILES string of the molecule is Cc1c(C(=O)N/N=C/c2ccc([N+](=O)[O-])o2)nnn1Nc1ccc(Cl)cc1. The molecule has 0 unspecified atom stereocenters. The second-order valence-electron chi connectivity index (χ2n) is 5.19. The summed E-state index contributed by atoms with van der Waals surface area (Å²) >= 11 is 5.83. The van der Waals surface area contributed by atoms with Crippen molar-refractivity contribution >= 4 is 35.3 Å². The van der Waals surface area contributed by atoms with Crippen molar-refractivity contribution in [2.75, 3.05) is 5.43 Å². The zero-order valence-corrected chi connectivity index (χ0v) is 14.5. The van der Waals surface area contributed by atoms with Crippen molar-refractivity contribution < 1.29 is 14.1 Å². The van der Waals surface area contributed by atoms with Crippen LogP contribution in [0.25, 0.3) is 0 Å². The van der Waals surface area contributed by atoms with E-state index in [-0.39, 0.29) is 11.5 Å². The Morgan fingerprint density at radius 2 is 2.07 bits per heavy atom. The van der Waals surface area contributed by atoms with Crippen molar-refractivity contribution in [2.24, 2.45) is 5.10 Å². The first-order valence-corrected chi connectivity index (χ1v) is 7.84. The molecule has 0 aliphatic heterocycles. The molecule has 0 aliphatic rings. The summed E-state index contributed by atoms with van der Waals surface area (Å²) in [5.41, 5.74) is 6.42. The van der Waals surface area contributed by atoms with Crippen molar-refractivity contribution in [3.05, 3.63) is 68.7 Å². The number of aromatic nitrogens is 3. The summed E-state index contributed by atoms with van der Waals surface area (Å²) in [4.78, 5) is 23.3. The minimum absolute atomic E-state index is 0.0547. The molecule has 138 valence electrons. The first kappa shape index (κ1) is 18.1. The average molecular weight is 390 g/mol. The molecule has 0 aliphatic carbocycles. The Kier molecular flexibility index (Phi) is 5.13. The number of carbonyl (C=O) groups excluding carboxylic acids is 1. The van der Waals surface area contributed by atoms with E-state index in [1.165, 1.54) is 16.9 Å². The van der Waals surface area contributed by atoms with Crippen molar-refractivity contribution in [3.8, 4) is 0 Å². The van der Waals surface area contributed by atoms with Gasteiger partial charge in [0.1, 0.15) is 4.92 Å². The number of rotatable bonds is 6. The quantitative estimate of drug-likeness (QED) is 0.374. The van der Waals surface area contributed by atoms with E-state index in [9.17, 15) is 14.9 Å². The summed E-state index contributed by atoms with van der Waals surface area (Å²) in [6.45, 7) is 1.65. The molecule has 12 heteroatoms. The van der Waals surface area contributed by atoms with Gasteiger partial charge >= 0.3 is 5.88 Å².